The Morgan fingerprint density at radius 1 is 1.36 bits per heavy atom. The highest BCUT2D eigenvalue weighted by Gasteiger charge is 2.23. The van der Waals surface area contributed by atoms with Gasteiger partial charge in [0, 0.05) is 23.2 Å². The van der Waals surface area contributed by atoms with Crippen molar-refractivity contribution in [2.75, 3.05) is 6.54 Å². The second-order valence-corrected chi connectivity index (χ2v) is 7.13. The fourth-order valence-corrected chi connectivity index (χ4v) is 3.55. The molecule has 3 aromatic rings. The first-order valence-electron chi connectivity index (χ1n) is 8.17. The number of hydrogen-bond acceptors (Lipinski definition) is 4. The fourth-order valence-electron chi connectivity index (χ4n) is 2.65. The summed E-state index contributed by atoms with van der Waals surface area (Å²) in [6.45, 7) is 2.63. The maximum Gasteiger partial charge on any atom is 0.270 e. The summed E-state index contributed by atoms with van der Waals surface area (Å²) < 4.78 is 13.2. The number of aryl methyl sites for hydroxylation is 1. The van der Waals surface area contributed by atoms with Crippen molar-refractivity contribution in [2.45, 2.75) is 19.8 Å². The van der Waals surface area contributed by atoms with Gasteiger partial charge in [-0.3, -0.25) is 9.89 Å². The molecule has 1 amide bonds. The van der Waals surface area contributed by atoms with Gasteiger partial charge < -0.3 is 5.32 Å². The Kier molecular flexibility index (Phi) is 4.09. The number of nitrogens with one attached hydrogen (secondary N) is 2. The van der Waals surface area contributed by atoms with Gasteiger partial charge in [-0.15, -0.1) is 11.3 Å². The van der Waals surface area contributed by atoms with Crippen LogP contribution in [0, 0.1) is 18.7 Å². The lowest BCUT2D eigenvalue weighted by Crippen LogP contribution is -2.25. The molecule has 0 spiro atoms. The average Bonchev–Trinajstić information content (AvgIpc) is 3.18. The normalized spacial score (nSPS) is 13.8. The first-order chi connectivity index (χ1) is 12.1. The van der Waals surface area contributed by atoms with Gasteiger partial charge in [0.1, 0.15) is 22.2 Å². The monoisotopic (exact) mass is 356 g/mol. The molecule has 2 heterocycles. The molecule has 5 nitrogen and oxygen atoms in total. The average molecular weight is 356 g/mol. The van der Waals surface area contributed by atoms with Gasteiger partial charge in [0.25, 0.3) is 5.91 Å². The van der Waals surface area contributed by atoms with Crippen LogP contribution in [0.1, 0.15) is 29.0 Å². The predicted molar refractivity (Wildman–Crippen MR) is 94.9 cm³/mol. The number of hydrogen-bond donors (Lipinski definition) is 2. The Labute approximate surface area is 148 Å². The largest absolute Gasteiger partial charge is 0.350 e. The van der Waals surface area contributed by atoms with Gasteiger partial charge in [-0.2, -0.15) is 5.10 Å². The first-order valence-corrected chi connectivity index (χ1v) is 9.05. The molecule has 1 saturated carbocycles. The van der Waals surface area contributed by atoms with Crippen molar-refractivity contribution in [3.05, 3.63) is 46.9 Å². The van der Waals surface area contributed by atoms with Crippen LogP contribution in [0.2, 0.25) is 0 Å². The summed E-state index contributed by atoms with van der Waals surface area (Å²) in [5.41, 5.74) is 3.63. The van der Waals surface area contributed by atoms with E-state index in [4.69, 9.17) is 0 Å². The highest BCUT2D eigenvalue weighted by molar-refractivity contribution is 7.13. The number of carbonyl (C=O) groups excluding carboxylic acids is 1. The van der Waals surface area contributed by atoms with E-state index < -0.39 is 0 Å². The third-order valence-electron chi connectivity index (χ3n) is 4.26. The number of thiazole rings is 1. The van der Waals surface area contributed by atoms with Gasteiger partial charge >= 0.3 is 0 Å². The van der Waals surface area contributed by atoms with E-state index in [1.807, 2.05) is 6.92 Å². The Balaban J connectivity index is 1.62. The van der Waals surface area contributed by atoms with Crippen molar-refractivity contribution < 1.29 is 9.18 Å². The zero-order valence-corrected chi connectivity index (χ0v) is 14.5. The number of rotatable bonds is 5. The van der Waals surface area contributed by atoms with Crippen molar-refractivity contribution in [1.29, 1.82) is 0 Å². The van der Waals surface area contributed by atoms with E-state index in [2.05, 4.69) is 20.5 Å². The number of aromatic nitrogens is 3. The maximum atomic E-state index is 13.2. The van der Waals surface area contributed by atoms with Crippen LogP contribution in [-0.4, -0.2) is 27.6 Å². The molecule has 2 N–H and O–H groups in total. The fraction of sp³-hybridized carbons (Fsp3) is 0.278. The number of nitrogens with zero attached hydrogens (tertiary/aromatic N) is 2. The Morgan fingerprint density at radius 2 is 2.12 bits per heavy atom. The summed E-state index contributed by atoms with van der Waals surface area (Å²) in [5.74, 6) is 0.198. The van der Waals surface area contributed by atoms with Crippen LogP contribution in [-0.2, 0) is 0 Å². The minimum absolute atomic E-state index is 0.140. The molecule has 25 heavy (non-hydrogen) atoms. The Hall–Kier alpha value is -2.54. The van der Waals surface area contributed by atoms with Crippen molar-refractivity contribution in [3.8, 4) is 21.8 Å². The van der Waals surface area contributed by atoms with Gasteiger partial charge in [0.2, 0.25) is 0 Å². The van der Waals surface area contributed by atoms with E-state index in [1.54, 1.807) is 17.5 Å². The smallest absolute Gasteiger partial charge is 0.270 e. The third-order valence-corrected chi connectivity index (χ3v) is 5.12. The summed E-state index contributed by atoms with van der Waals surface area (Å²) >= 11 is 1.41. The number of H-pyrrole nitrogens is 1. The summed E-state index contributed by atoms with van der Waals surface area (Å²) in [4.78, 5) is 16.7. The standard InChI is InChI=1S/C18H17FN4OS/c1-10-15(16(23-22-10)12-4-6-13(19)7-5-12)18-21-14(9-25-18)17(24)20-8-11-2-3-11/h4-7,9,11H,2-3,8H2,1H3,(H,20,24)(H,22,23). The molecule has 2 aromatic heterocycles. The number of halogens is 1. The molecule has 0 unspecified atom stereocenters. The zero-order chi connectivity index (χ0) is 17.4. The van der Waals surface area contributed by atoms with Crippen LogP contribution in [0.15, 0.2) is 29.6 Å². The van der Waals surface area contributed by atoms with E-state index >= 15 is 0 Å². The van der Waals surface area contributed by atoms with Gasteiger partial charge in [-0.25, -0.2) is 9.37 Å². The van der Waals surface area contributed by atoms with E-state index in [9.17, 15) is 9.18 Å². The molecule has 1 aliphatic carbocycles. The molecule has 128 valence electrons. The van der Waals surface area contributed by atoms with Gasteiger partial charge in [-0.1, -0.05) is 0 Å². The molecule has 0 radical (unpaired) electrons. The maximum absolute atomic E-state index is 13.2. The van der Waals surface area contributed by atoms with E-state index in [0.717, 1.165) is 28.4 Å². The van der Waals surface area contributed by atoms with Crippen molar-refractivity contribution in [3.63, 3.8) is 0 Å². The lowest BCUT2D eigenvalue weighted by molar-refractivity contribution is 0.0947. The molecule has 0 bridgehead atoms. The molecule has 0 aliphatic heterocycles. The molecule has 7 heteroatoms. The van der Waals surface area contributed by atoms with E-state index in [0.29, 0.717) is 17.3 Å². The van der Waals surface area contributed by atoms with Crippen LogP contribution >= 0.6 is 11.3 Å². The highest BCUT2D eigenvalue weighted by atomic mass is 32.1. The molecule has 1 fully saturated rings. The number of benzene rings is 1. The Bertz CT molecular complexity index is 912. The quantitative estimate of drug-likeness (QED) is 0.731. The molecule has 1 aromatic carbocycles. The number of amides is 1. The molecule has 0 atom stereocenters. The summed E-state index contributed by atoms with van der Waals surface area (Å²) in [6, 6.07) is 6.18. The SMILES string of the molecule is Cc1[nH]nc(-c2ccc(F)cc2)c1-c1nc(C(=O)NCC2CC2)cs1. The summed E-state index contributed by atoms with van der Waals surface area (Å²) in [5, 5.41) is 12.7. The van der Waals surface area contributed by atoms with Crippen LogP contribution in [0.5, 0.6) is 0 Å². The third kappa shape index (κ3) is 3.32. The van der Waals surface area contributed by atoms with Crippen LogP contribution in [0.3, 0.4) is 0 Å². The van der Waals surface area contributed by atoms with E-state index in [-0.39, 0.29) is 11.7 Å². The Morgan fingerprint density at radius 3 is 2.84 bits per heavy atom. The molecular weight excluding hydrogens is 339 g/mol. The van der Waals surface area contributed by atoms with Crippen LogP contribution < -0.4 is 5.32 Å². The van der Waals surface area contributed by atoms with Gasteiger partial charge in [0.05, 0.1) is 5.56 Å². The highest BCUT2D eigenvalue weighted by Crippen LogP contribution is 2.35. The van der Waals surface area contributed by atoms with Gasteiger partial charge in [0.15, 0.2) is 0 Å². The molecule has 0 saturated heterocycles. The first kappa shape index (κ1) is 16.0. The summed E-state index contributed by atoms with van der Waals surface area (Å²) in [7, 11) is 0. The van der Waals surface area contributed by atoms with Crippen LogP contribution in [0.25, 0.3) is 21.8 Å². The number of aromatic amines is 1. The lowest BCUT2D eigenvalue weighted by atomic mass is 10.1. The second-order valence-electron chi connectivity index (χ2n) is 6.27. The van der Waals surface area contributed by atoms with Gasteiger partial charge in [-0.05, 0) is 49.9 Å². The molecule has 4 rings (SSSR count). The molecular formula is C18H17FN4OS. The topological polar surface area (TPSA) is 70.7 Å². The van der Waals surface area contributed by atoms with E-state index in [1.165, 1.54) is 36.3 Å². The van der Waals surface area contributed by atoms with Crippen molar-refractivity contribution >= 4 is 17.2 Å². The minimum Gasteiger partial charge on any atom is -0.350 e. The minimum atomic E-state index is -0.290. The zero-order valence-electron chi connectivity index (χ0n) is 13.7. The predicted octanol–water partition coefficient (Wildman–Crippen LogP) is 3.79. The summed E-state index contributed by atoms with van der Waals surface area (Å²) in [6.07, 6.45) is 2.38. The van der Waals surface area contributed by atoms with Crippen molar-refractivity contribution in [2.24, 2.45) is 5.92 Å². The second kappa shape index (κ2) is 6.40. The number of carbonyl (C=O) groups is 1. The lowest BCUT2D eigenvalue weighted by Gasteiger charge is -2.02. The van der Waals surface area contributed by atoms with Crippen molar-refractivity contribution in [1.82, 2.24) is 20.5 Å². The van der Waals surface area contributed by atoms with Crippen LogP contribution in [0.4, 0.5) is 4.39 Å². The molecule has 1 aliphatic rings.